The van der Waals surface area contributed by atoms with Crippen LogP contribution in [0.5, 0.6) is 5.75 Å². The molecule has 3 heterocycles. The second-order valence-electron chi connectivity index (χ2n) is 8.68. The quantitative estimate of drug-likeness (QED) is 0.246. The van der Waals surface area contributed by atoms with E-state index in [0.717, 1.165) is 55.2 Å². The normalized spacial score (nSPS) is 15.2. The Kier molecular flexibility index (Phi) is 8.50. The van der Waals surface area contributed by atoms with E-state index in [9.17, 15) is 5.26 Å². The average Bonchev–Trinajstić information content (AvgIpc) is 3.33. The van der Waals surface area contributed by atoms with Crippen LogP contribution in [0.2, 0.25) is 0 Å². The summed E-state index contributed by atoms with van der Waals surface area (Å²) >= 11 is 0. The highest BCUT2D eigenvalue weighted by molar-refractivity contribution is 5.82. The first-order valence-electron chi connectivity index (χ1n) is 12.0. The largest absolute Gasteiger partial charge is 0.490 e. The molecule has 8 nitrogen and oxygen atoms in total. The van der Waals surface area contributed by atoms with Crippen LogP contribution in [0, 0.1) is 11.3 Å². The second-order valence-corrected chi connectivity index (χ2v) is 8.68. The molecule has 0 radical (unpaired) electrons. The molecule has 0 unspecified atom stereocenters. The van der Waals surface area contributed by atoms with Crippen molar-refractivity contribution < 1.29 is 9.47 Å². The number of aromatic nitrogens is 2. The standard InChI is InChI=1S/C28H32N6O2/c1-22(26-17-25(36-16-15-35-3)21-34-28(26)24(18-29)19-31-34)9-10-27(30-2)33-13-11-32(12-14-33)20-23-7-5-4-6-8-23/h4-10,17,19,21H,2,11-16,20H2,1,3H3/b22-9+,27-10+. The summed E-state index contributed by atoms with van der Waals surface area (Å²) < 4.78 is 12.6. The van der Waals surface area contributed by atoms with Gasteiger partial charge in [0.1, 0.15) is 24.2 Å². The van der Waals surface area contributed by atoms with E-state index in [1.165, 1.54) is 5.56 Å². The second kappa shape index (κ2) is 12.2. The lowest BCUT2D eigenvalue weighted by Gasteiger charge is -2.36. The van der Waals surface area contributed by atoms with Crippen LogP contribution >= 0.6 is 0 Å². The molecule has 3 aromatic rings. The Labute approximate surface area is 212 Å². The highest BCUT2D eigenvalue weighted by Gasteiger charge is 2.18. The zero-order valence-electron chi connectivity index (χ0n) is 20.9. The highest BCUT2D eigenvalue weighted by Crippen LogP contribution is 2.28. The number of benzene rings is 1. The third-order valence-corrected chi connectivity index (χ3v) is 6.28. The number of hydrogen-bond donors (Lipinski definition) is 0. The Morgan fingerprint density at radius 1 is 1.17 bits per heavy atom. The van der Waals surface area contributed by atoms with E-state index in [0.29, 0.717) is 24.5 Å². The van der Waals surface area contributed by atoms with Gasteiger partial charge >= 0.3 is 0 Å². The molecule has 0 bridgehead atoms. The number of nitriles is 1. The van der Waals surface area contributed by atoms with Crippen molar-refractivity contribution in [3.8, 4) is 11.8 Å². The molecule has 2 aromatic heterocycles. The van der Waals surface area contributed by atoms with Gasteiger partial charge in [0.25, 0.3) is 0 Å². The van der Waals surface area contributed by atoms with Crippen LogP contribution in [-0.2, 0) is 11.3 Å². The fourth-order valence-electron chi connectivity index (χ4n) is 4.33. The monoisotopic (exact) mass is 484 g/mol. The van der Waals surface area contributed by atoms with Gasteiger partial charge in [0.05, 0.1) is 30.1 Å². The van der Waals surface area contributed by atoms with Crippen LogP contribution in [-0.4, -0.2) is 72.6 Å². The number of nitrogens with zero attached hydrogens (tertiary/aromatic N) is 6. The van der Waals surface area contributed by atoms with Crippen molar-refractivity contribution in [2.24, 2.45) is 4.99 Å². The van der Waals surface area contributed by atoms with Gasteiger partial charge in [-0.3, -0.25) is 4.90 Å². The number of ether oxygens (including phenoxy) is 2. The van der Waals surface area contributed by atoms with Gasteiger partial charge in [-0.15, -0.1) is 0 Å². The molecule has 8 heteroatoms. The Bertz CT molecular complexity index is 1280. The summed E-state index contributed by atoms with van der Waals surface area (Å²) in [5, 5.41) is 13.9. The van der Waals surface area contributed by atoms with E-state index in [1.807, 2.05) is 31.2 Å². The van der Waals surface area contributed by atoms with E-state index in [2.05, 4.69) is 56.9 Å². The first-order chi connectivity index (χ1) is 17.6. The molecule has 186 valence electrons. The number of pyridine rings is 1. The lowest BCUT2D eigenvalue weighted by Crippen LogP contribution is -2.45. The molecular weight excluding hydrogens is 452 g/mol. The lowest BCUT2D eigenvalue weighted by atomic mass is 10.0. The summed E-state index contributed by atoms with van der Waals surface area (Å²) in [6.45, 7) is 11.4. The Balaban J connectivity index is 1.51. The van der Waals surface area contributed by atoms with Crippen molar-refractivity contribution in [2.45, 2.75) is 13.5 Å². The number of methoxy groups -OCH3 is 1. The molecule has 0 N–H and O–H groups in total. The van der Waals surface area contributed by atoms with Gasteiger partial charge in [0.2, 0.25) is 0 Å². The molecular formula is C28H32N6O2. The molecule has 0 spiro atoms. The van der Waals surface area contributed by atoms with Crippen molar-refractivity contribution >= 4 is 17.8 Å². The molecule has 0 saturated carbocycles. The van der Waals surface area contributed by atoms with E-state index in [1.54, 1.807) is 24.0 Å². The average molecular weight is 485 g/mol. The molecule has 0 aliphatic carbocycles. The SMILES string of the molecule is C=N/C(=C\C=C(/C)c1cc(OCCOC)cn2ncc(C#N)c12)N1CCN(Cc2ccccc2)CC1. The maximum Gasteiger partial charge on any atom is 0.138 e. The van der Waals surface area contributed by atoms with Crippen LogP contribution in [0.3, 0.4) is 0 Å². The summed E-state index contributed by atoms with van der Waals surface area (Å²) in [4.78, 5) is 9.03. The van der Waals surface area contributed by atoms with Gasteiger partial charge in [-0.1, -0.05) is 36.4 Å². The smallest absolute Gasteiger partial charge is 0.138 e. The van der Waals surface area contributed by atoms with Crippen molar-refractivity contribution in [2.75, 3.05) is 46.5 Å². The first kappa shape index (κ1) is 25.2. The van der Waals surface area contributed by atoms with Crippen LogP contribution in [0.15, 0.2) is 71.8 Å². The van der Waals surface area contributed by atoms with Crippen LogP contribution in [0.4, 0.5) is 0 Å². The van der Waals surface area contributed by atoms with Gasteiger partial charge in [-0.05, 0) is 36.9 Å². The molecule has 1 saturated heterocycles. The summed E-state index contributed by atoms with van der Waals surface area (Å²) in [6, 6.07) is 14.7. The zero-order chi connectivity index (χ0) is 25.3. The van der Waals surface area contributed by atoms with Gasteiger partial charge in [-0.2, -0.15) is 10.4 Å². The van der Waals surface area contributed by atoms with Crippen molar-refractivity contribution in [1.82, 2.24) is 19.4 Å². The van der Waals surface area contributed by atoms with Gasteiger partial charge in [0, 0.05) is 45.4 Å². The Morgan fingerprint density at radius 2 is 1.94 bits per heavy atom. The van der Waals surface area contributed by atoms with Crippen molar-refractivity contribution in [1.29, 1.82) is 5.26 Å². The molecule has 1 fully saturated rings. The van der Waals surface area contributed by atoms with Crippen LogP contribution in [0.25, 0.3) is 11.1 Å². The lowest BCUT2D eigenvalue weighted by molar-refractivity contribution is 0.146. The summed E-state index contributed by atoms with van der Waals surface area (Å²) in [7, 11) is 1.64. The number of fused-ring (bicyclic) bond motifs is 1. The minimum atomic E-state index is 0.428. The van der Waals surface area contributed by atoms with E-state index < -0.39 is 0 Å². The Morgan fingerprint density at radius 3 is 2.64 bits per heavy atom. The summed E-state index contributed by atoms with van der Waals surface area (Å²) in [5.41, 5.74) is 4.45. The van der Waals surface area contributed by atoms with E-state index >= 15 is 0 Å². The fourth-order valence-corrected chi connectivity index (χ4v) is 4.33. The molecule has 1 aliphatic rings. The van der Waals surface area contributed by atoms with Crippen LogP contribution in [0.1, 0.15) is 23.6 Å². The highest BCUT2D eigenvalue weighted by atomic mass is 16.5. The number of rotatable bonds is 10. The predicted octanol–water partition coefficient (Wildman–Crippen LogP) is 3.99. The minimum Gasteiger partial charge on any atom is -0.490 e. The van der Waals surface area contributed by atoms with Gasteiger partial charge < -0.3 is 14.4 Å². The van der Waals surface area contributed by atoms with Crippen molar-refractivity contribution in [3.05, 3.63) is 83.5 Å². The van der Waals surface area contributed by atoms with E-state index in [-0.39, 0.29) is 0 Å². The predicted molar refractivity (Wildman–Crippen MR) is 142 cm³/mol. The molecule has 1 aliphatic heterocycles. The maximum absolute atomic E-state index is 9.60. The summed E-state index contributed by atoms with van der Waals surface area (Å²) in [5.74, 6) is 1.50. The number of allylic oxidation sites excluding steroid dienone is 3. The van der Waals surface area contributed by atoms with Gasteiger partial charge in [0.15, 0.2) is 0 Å². The van der Waals surface area contributed by atoms with Crippen molar-refractivity contribution in [3.63, 3.8) is 0 Å². The van der Waals surface area contributed by atoms with Crippen LogP contribution < -0.4 is 4.74 Å². The molecule has 0 atom stereocenters. The minimum absolute atomic E-state index is 0.428. The van der Waals surface area contributed by atoms with Gasteiger partial charge in [-0.25, -0.2) is 9.51 Å². The molecule has 1 aromatic carbocycles. The molecule has 4 rings (SSSR count). The molecule has 0 amide bonds. The number of aliphatic imine (C=N–C) groups is 1. The summed E-state index contributed by atoms with van der Waals surface area (Å²) in [6.07, 6.45) is 7.37. The maximum atomic E-state index is 9.60. The third-order valence-electron chi connectivity index (χ3n) is 6.28. The number of hydrogen-bond acceptors (Lipinski definition) is 7. The Hall–Kier alpha value is -3.93. The third kappa shape index (κ3) is 6.00. The molecule has 36 heavy (non-hydrogen) atoms. The zero-order valence-corrected chi connectivity index (χ0v) is 20.9. The van der Waals surface area contributed by atoms with E-state index in [4.69, 9.17) is 9.47 Å². The number of piperazine rings is 1. The first-order valence-corrected chi connectivity index (χ1v) is 12.0. The topological polar surface area (TPSA) is 78.4 Å². The fraction of sp³-hybridized carbons (Fsp3) is 0.321.